The normalized spacial score (nSPS) is 10.9. The minimum Gasteiger partial charge on any atom is -0.321 e. The van der Waals surface area contributed by atoms with Crippen LogP contribution in [-0.4, -0.2) is 30.7 Å². The van der Waals surface area contributed by atoms with Crippen molar-refractivity contribution in [2.24, 2.45) is 0 Å². The number of anilines is 1. The van der Waals surface area contributed by atoms with E-state index in [1.165, 1.54) is 11.3 Å². The van der Waals surface area contributed by atoms with Gasteiger partial charge in [-0.2, -0.15) is 9.61 Å². The molecule has 0 spiro atoms. The summed E-state index contributed by atoms with van der Waals surface area (Å²) in [4.78, 5) is 16.4. The molecule has 0 unspecified atom stereocenters. The molecule has 4 rings (SSSR count). The van der Waals surface area contributed by atoms with E-state index < -0.39 is 0 Å². The van der Waals surface area contributed by atoms with Crippen LogP contribution in [0.15, 0.2) is 48.1 Å². The van der Waals surface area contributed by atoms with E-state index in [4.69, 9.17) is 0 Å². The number of aryl methyl sites for hydroxylation is 1. The lowest BCUT2D eigenvalue weighted by atomic mass is 10.1. The third kappa shape index (κ3) is 2.74. The average Bonchev–Trinajstić information content (AvgIpc) is 3.23. The van der Waals surface area contributed by atoms with Crippen molar-refractivity contribution < 1.29 is 4.79 Å². The van der Waals surface area contributed by atoms with Gasteiger partial charge in [-0.1, -0.05) is 12.1 Å². The number of rotatable bonds is 3. The van der Waals surface area contributed by atoms with Gasteiger partial charge in [0.05, 0.1) is 10.7 Å². The summed E-state index contributed by atoms with van der Waals surface area (Å²) in [5.41, 5.74) is 3.45. The summed E-state index contributed by atoms with van der Waals surface area (Å²) < 4.78 is 1.61. The molecule has 4 aromatic rings. The minimum absolute atomic E-state index is 0.223. The van der Waals surface area contributed by atoms with Gasteiger partial charge in [0.25, 0.3) is 5.91 Å². The summed E-state index contributed by atoms with van der Waals surface area (Å²) >= 11 is 1.45. The Morgan fingerprint density at radius 2 is 2.17 bits per heavy atom. The lowest BCUT2D eigenvalue weighted by Gasteiger charge is -2.06. The third-order valence-corrected chi connectivity index (χ3v) is 4.20. The smallest absolute Gasteiger partial charge is 0.275 e. The number of aromatic nitrogens is 5. The van der Waals surface area contributed by atoms with Crippen LogP contribution >= 0.6 is 11.3 Å². The van der Waals surface area contributed by atoms with Gasteiger partial charge in [0.15, 0.2) is 5.65 Å². The zero-order valence-electron chi connectivity index (χ0n) is 12.7. The first-order valence-electron chi connectivity index (χ1n) is 7.20. The molecule has 0 radical (unpaired) electrons. The Morgan fingerprint density at radius 1 is 1.25 bits per heavy atom. The first-order valence-corrected chi connectivity index (χ1v) is 8.08. The van der Waals surface area contributed by atoms with Crippen LogP contribution in [0, 0.1) is 6.92 Å². The van der Waals surface area contributed by atoms with Crippen LogP contribution in [0.2, 0.25) is 0 Å². The fourth-order valence-electron chi connectivity index (χ4n) is 2.30. The van der Waals surface area contributed by atoms with Crippen LogP contribution in [0.4, 0.5) is 5.69 Å². The van der Waals surface area contributed by atoms with Gasteiger partial charge < -0.3 is 5.32 Å². The van der Waals surface area contributed by atoms with Crippen LogP contribution < -0.4 is 5.32 Å². The second kappa shape index (κ2) is 5.82. The highest BCUT2D eigenvalue weighted by Crippen LogP contribution is 2.21. The van der Waals surface area contributed by atoms with Gasteiger partial charge >= 0.3 is 0 Å². The van der Waals surface area contributed by atoms with E-state index in [9.17, 15) is 4.79 Å². The second-order valence-electron chi connectivity index (χ2n) is 5.14. The Hall–Kier alpha value is -3.13. The summed E-state index contributed by atoms with van der Waals surface area (Å²) in [5, 5.41) is 17.7. The number of thiazole rings is 1. The monoisotopic (exact) mass is 336 g/mol. The first-order chi connectivity index (χ1) is 11.7. The highest BCUT2D eigenvalue weighted by molar-refractivity contribution is 7.09. The topological polar surface area (TPSA) is 85.1 Å². The van der Waals surface area contributed by atoms with Crippen LogP contribution in [0.5, 0.6) is 0 Å². The van der Waals surface area contributed by atoms with Crippen LogP contribution in [-0.2, 0) is 0 Å². The molecule has 118 valence electrons. The number of nitrogens with zero attached hydrogens (tertiary/aromatic N) is 5. The number of amides is 1. The van der Waals surface area contributed by atoms with Gasteiger partial charge in [-0.05, 0) is 31.2 Å². The summed E-state index contributed by atoms with van der Waals surface area (Å²) in [6.07, 6.45) is 1.55. The summed E-state index contributed by atoms with van der Waals surface area (Å²) in [6.45, 7) is 1.87. The van der Waals surface area contributed by atoms with Crippen molar-refractivity contribution in [3.8, 4) is 11.3 Å². The Labute approximate surface area is 141 Å². The molecular weight excluding hydrogens is 324 g/mol. The molecule has 1 N–H and O–H groups in total. The molecule has 3 heterocycles. The van der Waals surface area contributed by atoms with Crippen molar-refractivity contribution in [1.82, 2.24) is 24.8 Å². The Bertz CT molecular complexity index is 1040. The van der Waals surface area contributed by atoms with E-state index in [-0.39, 0.29) is 5.91 Å². The molecule has 3 aromatic heterocycles. The number of hydrogen-bond acceptors (Lipinski definition) is 6. The molecular formula is C16H12N6OS. The number of carbonyl (C=O) groups is 1. The maximum atomic E-state index is 12.2. The van der Waals surface area contributed by atoms with Crippen molar-refractivity contribution in [2.45, 2.75) is 6.92 Å². The molecule has 8 heteroatoms. The molecule has 1 aromatic carbocycles. The number of fused-ring (bicyclic) bond motifs is 1. The average molecular weight is 336 g/mol. The van der Waals surface area contributed by atoms with Gasteiger partial charge in [-0.25, -0.2) is 4.98 Å². The SMILES string of the molecule is Cc1nc(C(=O)Nc2cccc(-c3ccc4nncn4n3)c2)cs1. The molecule has 0 saturated carbocycles. The Morgan fingerprint density at radius 3 is 3.00 bits per heavy atom. The van der Waals surface area contributed by atoms with Crippen LogP contribution in [0.3, 0.4) is 0 Å². The van der Waals surface area contributed by atoms with E-state index in [1.54, 1.807) is 16.2 Å². The zero-order valence-corrected chi connectivity index (χ0v) is 13.5. The zero-order chi connectivity index (χ0) is 16.5. The number of nitrogens with one attached hydrogen (secondary N) is 1. The van der Waals surface area contributed by atoms with E-state index in [0.717, 1.165) is 16.3 Å². The van der Waals surface area contributed by atoms with Gasteiger partial charge in [-0.15, -0.1) is 21.5 Å². The summed E-state index contributed by atoms with van der Waals surface area (Å²) in [5.74, 6) is -0.223. The van der Waals surface area contributed by atoms with Gasteiger partial charge in [0, 0.05) is 16.6 Å². The predicted octanol–water partition coefficient (Wildman–Crippen LogP) is 2.81. The highest BCUT2D eigenvalue weighted by atomic mass is 32.1. The van der Waals surface area contributed by atoms with Crippen LogP contribution in [0.1, 0.15) is 15.5 Å². The standard InChI is InChI=1S/C16H12N6OS/c1-10-18-14(8-24-10)16(23)19-12-4-2-3-11(7-12)13-5-6-15-20-17-9-22(15)21-13/h2-9H,1H3,(H,19,23). The number of hydrogen-bond donors (Lipinski definition) is 1. The largest absolute Gasteiger partial charge is 0.321 e. The van der Waals surface area contributed by atoms with Crippen LogP contribution in [0.25, 0.3) is 16.9 Å². The maximum Gasteiger partial charge on any atom is 0.275 e. The minimum atomic E-state index is -0.223. The van der Waals surface area contributed by atoms with E-state index in [2.05, 4.69) is 25.6 Å². The summed E-state index contributed by atoms with van der Waals surface area (Å²) in [6, 6.07) is 11.2. The van der Waals surface area contributed by atoms with Gasteiger partial charge in [-0.3, -0.25) is 4.79 Å². The summed E-state index contributed by atoms with van der Waals surface area (Å²) in [7, 11) is 0. The second-order valence-corrected chi connectivity index (χ2v) is 6.20. The molecule has 0 saturated heterocycles. The highest BCUT2D eigenvalue weighted by Gasteiger charge is 2.10. The third-order valence-electron chi connectivity index (χ3n) is 3.43. The quantitative estimate of drug-likeness (QED) is 0.622. The molecule has 0 aliphatic rings. The van der Waals surface area contributed by atoms with E-state index >= 15 is 0 Å². The fourth-order valence-corrected chi connectivity index (χ4v) is 2.89. The molecule has 1 amide bonds. The van der Waals surface area contributed by atoms with Gasteiger partial charge in [0.1, 0.15) is 12.0 Å². The lowest BCUT2D eigenvalue weighted by molar-refractivity contribution is 0.102. The lowest BCUT2D eigenvalue weighted by Crippen LogP contribution is -2.12. The Balaban J connectivity index is 1.62. The molecule has 0 aliphatic carbocycles. The van der Waals surface area contributed by atoms with Crippen molar-refractivity contribution in [2.75, 3.05) is 5.32 Å². The molecule has 0 bridgehead atoms. The number of carbonyl (C=O) groups excluding carboxylic acids is 1. The first kappa shape index (κ1) is 14.5. The molecule has 7 nitrogen and oxygen atoms in total. The van der Waals surface area contributed by atoms with Crippen molar-refractivity contribution in [3.63, 3.8) is 0 Å². The molecule has 0 atom stereocenters. The van der Waals surface area contributed by atoms with Crippen molar-refractivity contribution in [3.05, 3.63) is 58.8 Å². The van der Waals surface area contributed by atoms with E-state index in [0.29, 0.717) is 17.0 Å². The Kier molecular flexibility index (Phi) is 3.51. The van der Waals surface area contributed by atoms with Crippen molar-refractivity contribution >= 4 is 28.6 Å². The molecule has 0 fully saturated rings. The maximum absolute atomic E-state index is 12.2. The molecule has 0 aliphatic heterocycles. The molecule has 24 heavy (non-hydrogen) atoms. The predicted molar refractivity (Wildman–Crippen MR) is 91.0 cm³/mol. The van der Waals surface area contributed by atoms with E-state index in [1.807, 2.05) is 43.3 Å². The van der Waals surface area contributed by atoms with Crippen molar-refractivity contribution in [1.29, 1.82) is 0 Å². The van der Waals surface area contributed by atoms with Gasteiger partial charge in [0.2, 0.25) is 0 Å². The number of benzene rings is 1. The fraction of sp³-hybridized carbons (Fsp3) is 0.0625.